The molecule has 0 saturated carbocycles. The second-order valence-corrected chi connectivity index (χ2v) is 5.40. The molecule has 0 saturated heterocycles. The Morgan fingerprint density at radius 1 is 1.25 bits per heavy atom. The van der Waals surface area contributed by atoms with Crippen molar-refractivity contribution in [3.63, 3.8) is 0 Å². The summed E-state index contributed by atoms with van der Waals surface area (Å²) in [7, 11) is 0. The summed E-state index contributed by atoms with van der Waals surface area (Å²) in [4.78, 5) is 0. The summed E-state index contributed by atoms with van der Waals surface area (Å²) in [5.74, 6) is 0.613. The van der Waals surface area contributed by atoms with E-state index in [-0.39, 0.29) is 5.54 Å². The molecule has 0 bridgehead atoms. The molecule has 88 valence electrons. The molecule has 0 amide bonds. The average molecular weight is 219 g/mol. The van der Waals surface area contributed by atoms with Crippen LogP contribution in [0.15, 0.2) is 36.7 Å². The zero-order valence-corrected chi connectivity index (χ0v) is 10.4. The monoisotopic (exact) mass is 219 g/mol. The minimum absolute atomic E-state index is 0.119. The Morgan fingerprint density at radius 3 is 2.62 bits per heavy atom. The van der Waals surface area contributed by atoms with Gasteiger partial charge in [-0.2, -0.15) is 0 Å². The first-order chi connectivity index (χ1) is 7.55. The van der Waals surface area contributed by atoms with E-state index in [0.29, 0.717) is 5.92 Å². The van der Waals surface area contributed by atoms with Gasteiger partial charge in [0.25, 0.3) is 0 Å². The molecule has 1 aliphatic heterocycles. The van der Waals surface area contributed by atoms with Crippen LogP contribution in [0.25, 0.3) is 0 Å². The van der Waals surface area contributed by atoms with Crippen LogP contribution in [0.1, 0.15) is 27.2 Å². The first-order valence-electron chi connectivity index (χ1n) is 5.89. The third-order valence-corrected chi connectivity index (χ3v) is 2.86. The van der Waals surface area contributed by atoms with E-state index < -0.39 is 0 Å². The summed E-state index contributed by atoms with van der Waals surface area (Å²) < 4.78 is 0. The van der Waals surface area contributed by atoms with Gasteiger partial charge in [0, 0.05) is 24.5 Å². The molecule has 1 N–H and O–H groups in total. The highest BCUT2D eigenvalue weighted by atomic mass is 15.8. The SMILES string of the molecule is CC(C)(C)N1C=CN(C[C@H]2C=CC=CC2)N1. The van der Waals surface area contributed by atoms with Crippen molar-refractivity contribution >= 4 is 0 Å². The lowest BCUT2D eigenvalue weighted by Gasteiger charge is -2.34. The second kappa shape index (κ2) is 4.34. The third kappa shape index (κ3) is 2.67. The fourth-order valence-electron chi connectivity index (χ4n) is 1.85. The van der Waals surface area contributed by atoms with E-state index in [1.54, 1.807) is 0 Å². The molecule has 0 aromatic rings. The van der Waals surface area contributed by atoms with Crippen molar-refractivity contribution in [2.75, 3.05) is 6.54 Å². The van der Waals surface area contributed by atoms with Gasteiger partial charge in [0.15, 0.2) is 0 Å². The number of allylic oxidation sites excluding steroid dienone is 3. The van der Waals surface area contributed by atoms with Crippen LogP contribution in [0.5, 0.6) is 0 Å². The summed E-state index contributed by atoms with van der Waals surface area (Å²) >= 11 is 0. The summed E-state index contributed by atoms with van der Waals surface area (Å²) in [6, 6.07) is 0. The molecule has 0 unspecified atom stereocenters. The van der Waals surface area contributed by atoms with E-state index in [2.05, 4.69) is 73.0 Å². The summed E-state index contributed by atoms with van der Waals surface area (Å²) in [6.07, 6.45) is 14.1. The fraction of sp³-hybridized carbons (Fsp3) is 0.538. The number of nitrogens with zero attached hydrogens (tertiary/aromatic N) is 2. The highest BCUT2D eigenvalue weighted by molar-refractivity contribution is 5.11. The molecule has 1 aliphatic carbocycles. The lowest BCUT2D eigenvalue weighted by atomic mass is 10.0. The quantitative estimate of drug-likeness (QED) is 0.769. The van der Waals surface area contributed by atoms with Gasteiger partial charge in [-0.15, -0.1) is 5.53 Å². The van der Waals surface area contributed by atoms with Crippen LogP contribution >= 0.6 is 0 Å². The average Bonchev–Trinajstić information content (AvgIpc) is 2.67. The summed E-state index contributed by atoms with van der Waals surface area (Å²) in [5.41, 5.74) is 3.49. The van der Waals surface area contributed by atoms with Crippen molar-refractivity contribution < 1.29 is 0 Å². The van der Waals surface area contributed by atoms with Gasteiger partial charge < -0.3 is 0 Å². The van der Waals surface area contributed by atoms with Gasteiger partial charge >= 0.3 is 0 Å². The van der Waals surface area contributed by atoms with E-state index >= 15 is 0 Å². The van der Waals surface area contributed by atoms with Gasteiger partial charge in [0.05, 0.1) is 0 Å². The Hall–Kier alpha value is -1.22. The van der Waals surface area contributed by atoms with E-state index in [4.69, 9.17) is 0 Å². The Bertz CT molecular complexity index is 323. The molecule has 0 aromatic carbocycles. The number of hydrogen-bond donors (Lipinski definition) is 1. The Balaban J connectivity index is 1.84. The first-order valence-corrected chi connectivity index (χ1v) is 5.89. The van der Waals surface area contributed by atoms with Gasteiger partial charge in [-0.05, 0) is 33.1 Å². The maximum absolute atomic E-state index is 3.38. The minimum Gasteiger partial charge on any atom is -0.296 e. The normalized spacial score (nSPS) is 24.6. The lowest BCUT2D eigenvalue weighted by Crippen LogP contribution is -2.49. The molecule has 0 radical (unpaired) electrons. The Morgan fingerprint density at radius 2 is 2.06 bits per heavy atom. The first kappa shape index (κ1) is 11.3. The van der Waals surface area contributed by atoms with Crippen molar-refractivity contribution in [2.24, 2.45) is 5.92 Å². The van der Waals surface area contributed by atoms with Crippen LogP contribution in [0.2, 0.25) is 0 Å². The molecular formula is C13H21N3. The standard InChI is InChI=1S/C13H21N3/c1-13(2,3)16-10-9-15(14-16)11-12-7-5-4-6-8-12/h4-7,9-10,12,14H,8,11H2,1-3H3/t12-/m0/s1. The largest absolute Gasteiger partial charge is 0.296 e. The van der Waals surface area contributed by atoms with Crippen LogP contribution in [-0.2, 0) is 0 Å². The molecule has 1 heterocycles. The summed E-state index contributed by atoms with van der Waals surface area (Å²) in [6.45, 7) is 7.59. The van der Waals surface area contributed by atoms with Crippen LogP contribution in [0, 0.1) is 5.92 Å². The Labute approximate surface area is 98.0 Å². The van der Waals surface area contributed by atoms with Crippen LogP contribution in [-0.4, -0.2) is 22.1 Å². The molecule has 0 fully saturated rings. The number of hydrazine groups is 2. The molecule has 0 aromatic heterocycles. The second-order valence-electron chi connectivity index (χ2n) is 5.40. The van der Waals surface area contributed by atoms with Gasteiger partial charge in [0.1, 0.15) is 0 Å². The zero-order chi connectivity index (χ0) is 11.6. The molecule has 3 nitrogen and oxygen atoms in total. The topological polar surface area (TPSA) is 18.5 Å². The predicted molar refractivity (Wildman–Crippen MR) is 67.0 cm³/mol. The maximum Gasteiger partial charge on any atom is 0.0491 e. The molecule has 2 aliphatic rings. The van der Waals surface area contributed by atoms with E-state index in [1.807, 2.05) is 0 Å². The van der Waals surface area contributed by atoms with Gasteiger partial charge in [-0.25, -0.2) is 0 Å². The molecule has 16 heavy (non-hydrogen) atoms. The van der Waals surface area contributed by atoms with E-state index in [0.717, 1.165) is 13.0 Å². The predicted octanol–water partition coefficient (Wildman–Crippen LogP) is 2.43. The number of rotatable bonds is 2. The van der Waals surface area contributed by atoms with Crippen molar-refractivity contribution in [3.05, 3.63) is 36.7 Å². The van der Waals surface area contributed by atoms with Crippen molar-refractivity contribution in [1.29, 1.82) is 0 Å². The highest BCUT2D eigenvalue weighted by Gasteiger charge is 2.24. The van der Waals surface area contributed by atoms with Crippen molar-refractivity contribution in [1.82, 2.24) is 15.6 Å². The highest BCUT2D eigenvalue weighted by Crippen LogP contribution is 2.18. The van der Waals surface area contributed by atoms with Crippen LogP contribution in [0.3, 0.4) is 0 Å². The summed E-state index contributed by atoms with van der Waals surface area (Å²) in [5, 5.41) is 4.29. The molecule has 1 atom stereocenters. The molecular weight excluding hydrogens is 198 g/mol. The Kier molecular flexibility index (Phi) is 3.06. The number of nitrogens with one attached hydrogen (secondary N) is 1. The minimum atomic E-state index is 0.119. The maximum atomic E-state index is 3.38. The fourth-order valence-corrected chi connectivity index (χ4v) is 1.85. The van der Waals surface area contributed by atoms with Crippen LogP contribution in [0.4, 0.5) is 0 Å². The third-order valence-electron chi connectivity index (χ3n) is 2.86. The lowest BCUT2D eigenvalue weighted by molar-refractivity contribution is 0.0567. The van der Waals surface area contributed by atoms with Crippen molar-refractivity contribution in [2.45, 2.75) is 32.7 Å². The van der Waals surface area contributed by atoms with E-state index in [1.165, 1.54) is 0 Å². The molecule has 0 spiro atoms. The number of hydrogen-bond acceptors (Lipinski definition) is 3. The molecule has 2 rings (SSSR count). The van der Waals surface area contributed by atoms with Gasteiger partial charge in [0.2, 0.25) is 0 Å². The van der Waals surface area contributed by atoms with Gasteiger partial charge in [-0.3, -0.25) is 10.0 Å². The molecule has 3 heteroatoms. The smallest absolute Gasteiger partial charge is 0.0491 e. The van der Waals surface area contributed by atoms with E-state index in [9.17, 15) is 0 Å². The van der Waals surface area contributed by atoms with Gasteiger partial charge in [-0.1, -0.05) is 24.3 Å². The zero-order valence-electron chi connectivity index (χ0n) is 10.4. The van der Waals surface area contributed by atoms with Crippen molar-refractivity contribution in [3.8, 4) is 0 Å². The van der Waals surface area contributed by atoms with Crippen LogP contribution < -0.4 is 5.53 Å².